The Hall–Kier alpha value is -1.60. The summed E-state index contributed by atoms with van der Waals surface area (Å²) in [5, 5.41) is 3.79. The highest BCUT2D eigenvalue weighted by atomic mass is 35.5. The average molecular weight is 429 g/mol. The Kier molecular flexibility index (Phi) is 6.92. The van der Waals surface area contributed by atoms with Crippen LogP contribution in [0.3, 0.4) is 0 Å². The summed E-state index contributed by atoms with van der Waals surface area (Å²) in [6.45, 7) is 5.36. The van der Waals surface area contributed by atoms with E-state index < -0.39 is 15.9 Å². The quantitative estimate of drug-likeness (QED) is 0.735. The van der Waals surface area contributed by atoms with Gasteiger partial charge in [0.25, 0.3) is 5.91 Å². The van der Waals surface area contributed by atoms with E-state index in [1.807, 2.05) is 0 Å². The van der Waals surface area contributed by atoms with Crippen LogP contribution in [0.4, 0.5) is 0 Å². The molecule has 1 N–H and O–H groups in total. The molecule has 0 saturated carbocycles. The zero-order chi connectivity index (χ0) is 20.4. The lowest BCUT2D eigenvalue weighted by Crippen LogP contribution is -2.33. The van der Waals surface area contributed by atoms with Crippen molar-refractivity contribution in [1.29, 1.82) is 0 Å². The minimum atomic E-state index is -3.67. The molecule has 0 aromatic heterocycles. The predicted molar refractivity (Wildman–Crippen MR) is 109 cm³/mol. The Balaban J connectivity index is 2.25. The molecule has 0 heterocycles. The second kappa shape index (κ2) is 8.61. The van der Waals surface area contributed by atoms with Gasteiger partial charge in [-0.25, -0.2) is 8.42 Å². The summed E-state index contributed by atoms with van der Waals surface area (Å²) in [6.07, 6.45) is 0. The van der Waals surface area contributed by atoms with E-state index in [2.05, 4.69) is 5.32 Å². The summed E-state index contributed by atoms with van der Waals surface area (Å²) in [5.41, 5.74) is 0.975. The number of rotatable bonds is 6. The van der Waals surface area contributed by atoms with Gasteiger partial charge in [-0.05, 0) is 56.7 Å². The predicted octanol–water partition coefficient (Wildman–Crippen LogP) is 4.51. The molecule has 0 aliphatic rings. The maximum Gasteiger partial charge on any atom is 0.251 e. The van der Waals surface area contributed by atoms with Crippen LogP contribution in [0, 0.1) is 0 Å². The van der Waals surface area contributed by atoms with Gasteiger partial charge in [0, 0.05) is 28.7 Å². The highest BCUT2D eigenvalue weighted by Crippen LogP contribution is 2.26. The molecule has 146 valence electrons. The number of halogens is 2. The largest absolute Gasteiger partial charge is 0.345 e. The highest BCUT2D eigenvalue weighted by Gasteiger charge is 2.24. The molecule has 2 aromatic carbocycles. The van der Waals surface area contributed by atoms with Gasteiger partial charge < -0.3 is 5.32 Å². The molecule has 2 rings (SSSR count). The number of carbonyl (C=O) groups is 1. The zero-order valence-corrected chi connectivity index (χ0v) is 17.9. The van der Waals surface area contributed by atoms with Gasteiger partial charge in [0.2, 0.25) is 10.0 Å². The number of hydrogen-bond acceptors (Lipinski definition) is 3. The van der Waals surface area contributed by atoms with Crippen LogP contribution in [0.2, 0.25) is 10.0 Å². The first-order chi connectivity index (χ1) is 12.5. The minimum absolute atomic E-state index is 0.0727. The van der Waals surface area contributed by atoms with Crippen LogP contribution in [0.5, 0.6) is 0 Å². The SMILES string of the molecule is CC(NC(=O)c1cccc(S(=O)(=O)N(C)C(C)C)c1)c1ccc(Cl)cc1Cl. The summed E-state index contributed by atoms with van der Waals surface area (Å²) in [7, 11) is -2.16. The van der Waals surface area contributed by atoms with Gasteiger partial charge in [0.05, 0.1) is 10.9 Å². The molecule has 0 fully saturated rings. The molecule has 2 aromatic rings. The molecular weight excluding hydrogens is 407 g/mol. The molecule has 27 heavy (non-hydrogen) atoms. The van der Waals surface area contributed by atoms with Crippen molar-refractivity contribution >= 4 is 39.1 Å². The van der Waals surface area contributed by atoms with Crippen LogP contribution in [-0.4, -0.2) is 31.7 Å². The first kappa shape index (κ1) is 21.7. The van der Waals surface area contributed by atoms with Crippen LogP contribution in [0.15, 0.2) is 47.4 Å². The average Bonchev–Trinajstić information content (AvgIpc) is 2.60. The number of nitrogens with one attached hydrogen (secondary N) is 1. The van der Waals surface area contributed by atoms with Gasteiger partial charge in [0.15, 0.2) is 0 Å². The number of benzene rings is 2. The van der Waals surface area contributed by atoms with Gasteiger partial charge >= 0.3 is 0 Å². The monoisotopic (exact) mass is 428 g/mol. The molecule has 0 bridgehead atoms. The number of amides is 1. The number of nitrogens with zero attached hydrogens (tertiary/aromatic N) is 1. The molecule has 0 spiro atoms. The second-order valence-electron chi connectivity index (χ2n) is 6.50. The van der Waals surface area contributed by atoms with Crippen LogP contribution >= 0.6 is 23.2 Å². The van der Waals surface area contributed by atoms with Crippen LogP contribution < -0.4 is 5.32 Å². The third-order valence-corrected chi connectivity index (χ3v) is 6.87. The molecule has 5 nitrogen and oxygen atoms in total. The van der Waals surface area contributed by atoms with Crippen molar-refractivity contribution in [2.75, 3.05) is 7.05 Å². The maximum absolute atomic E-state index is 12.6. The van der Waals surface area contributed by atoms with E-state index in [1.165, 1.54) is 23.5 Å². The number of carbonyl (C=O) groups excluding carboxylic acids is 1. The van der Waals surface area contributed by atoms with Crippen molar-refractivity contribution < 1.29 is 13.2 Å². The molecular formula is C19H22Cl2N2O3S. The fourth-order valence-corrected chi connectivity index (χ4v) is 4.44. The lowest BCUT2D eigenvalue weighted by molar-refractivity contribution is 0.0939. The lowest BCUT2D eigenvalue weighted by atomic mass is 10.1. The van der Waals surface area contributed by atoms with Gasteiger partial charge in [-0.1, -0.05) is 35.3 Å². The van der Waals surface area contributed by atoms with Crippen molar-refractivity contribution in [3.8, 4) is 0 Å². The highest BCUT2D eigenvalue weighted by molar-refractivity contribution is 7.89. The van der Waals surface area contributed by atoms with Crippen molar-refractivity contribution in [2.24, 2.45) is 0 Å². The smallest absolute Gasteiger partial charge is 0.251 e. The Morgan fingerprint density at radius 2 is 1.74 bits per heavy atom. The van der Waals surface area contributed by atoms with Crippen molar-refractivity contribution in [2.45, 2.75) is 37.8 Å². The third-order valence-electron chi connectivity index (χ3n) is 4.28. The minimum Gasteiger partial charge on any atom is -0.345 e. The zero-order valence-electron chi connectivity index (χ0n) is 15.5. The van der Waals surface area contributed by atoms with E-state index in [4.69, 9.17) is 23.2 Å². The molecule has 1 unspecified atom stereocenters. The van der Waals surface area contributed by atoms with E-state index in [0.29, 0.717) is 10.0 Å². The fraction of sp³-hybridized carbons (Fsp3) is 0.316. The van der Waals surface area contributed by atoms with Crippen molar-refractivity contribution in [3.63, 3.8) is 0 Å². The van der Waals surface area contributed by atoms with E-state index in [1.54, 1.807) is 51.1 Å². The summed E-state index contributed by atoms with van der Waals surface area (Å²) in [5.74, 6) is -0.391. The van der Waals surface area contributed by atoms with Crippen LogP contribution in [-0.2, 0) is 10.0 Å². The standard InChI is InChI=1S/C19H22Cl2N2O3S/c1-12(2)23(4)27(25,26)16-7-5-6-14(10-16)19(24)22-13(3)17-9-8-15(20)11-18(17)21/h5-13H,1-4H3,(H,22,24). The Labute approximate surface area is 170 Å². The summed E-state index contributed by atoms with van der Waals surface area (Å²) in [6, 6.07) is 10.4. The molecule has 0 saturated heterocycles. The fourth-order valence-electron chi connectivity index (χ4n) is 2.45. The Bertz CT molecular complexity index is 946. The Morgan fingerprint density at radius 1 is 1.07 bits per heavy atom. The molecule has 1 atom stereocenters. The maximum atomic E-state index is 12.6. The molecule has 8 heteroatoms. The van der Waals surface area contributed by atoms with Gasteiger partial charge in [-0.3, -0.25) is 4.79 Å². The summed E-state index contributed by atoms with van der Waals surface area (Å²) >= 11 is 12.1. The van der Waals surface area contributed by atoms with Gasteiger partial charge in [-0.2, -0.15) is 4.31 Å². The van der Waals surface area contributed by atoms with E-state index in [9.17, 15) is 13.2 Å². The van der Waals surface area contributed by atoms with E-state index in [-0.39, 0.29) is 22.5 Å². The summed E-state index contributed by atoms with van der Waals surface area (Å²) in [4.78, 5) is 12.7. The van der Waals surface area contributed by atoms with Crippen LogP contribution in [0.25, 0.3) is 0 Å². The van der Waals surface area contributed by atoms with E-state index >= 15 is 0 Å². The normalized spacial score (nSPS) is 13.0. The number of hydrogen-bond donors (Lipinski definition) is 1. The van der Waals surface area contributed by atoms with Gasteiger partial charge in [-0.15, -0.1) is 0 Å². The van der Waals surface area contributed by atoms with Crippen LogP contribution in [0.1, 0.15) is 42.7 Å². The van der Waals surface area contributed by atoms with Gasteiger partial charge in [0.1, 0.15) is 0 Å². The first-order valence-corrected chi connectivity index (χ1v) is 10.6. The van der Waals surface area contributed by atoms with E-state index in [0.717, 1.165) is 5.56 Å². The molecule has 0 aliphatic heterocycles. The topological polar surface area (TPSA) is 66.5 Å². The molecule has 0 aliphatic carbocycles. The lowest BCUT2D eigenvalue weighted by Gasteiger charge is -2.21. The Morgan fingerprint density at radius 3 is 2.33 bits per heavy atom. The van der Waals surface area contributed by atoms with Crippen molar-refractivity contribution in [1.82, 2.24) is 9.62 Å². The molecule has 1 amide bonds. The third kappa shape index (κ3) is 5.02. The number of sulfonamides is 1. The summed E-state index contributed by atoms with van der Waals surface area (Å²) < 4.78 is 26.5. The van der Waals surface area contributed by atoms with Crippen molar-refractivity contribution in [3.05, 3.63) is 63.6 Å². The molecule has 0 radical (unpaired) electrons. The second-order valence-corrected chi connectivity index (χ2v) is 9.34. The first-order valence-electron chi connectivity index (χ1n) is 8.38.